The van der Waals surface area contributed by atoms with Gasteiger partial charge in [0.15, 0.2) is 0 Å². The van der Waals surface area contributed by atoms with E-state index in [9.17, 15) is 19.5 Å². The van der Waals surface area contributed by atoms with Crippen LogP contribution in [0.3, 0.4) is 0 Å². The molecule has 2 aliphatic heterocycles. The summed E-state index contributed by atoms with van der Waals surface area (Å²) in [5.74, 6) is -1.45. The number of piperidine rings is 2. The quantitative estimate of drug-likeness (QED) is 0.775. The van der Waals surface area contributed by atoms with Gasteiger partial charge in [-0.25, -0.2) is 0 Å². The minimum Gasteiger partial charge on any atom is -0.481 e. The van der Waals surface area contributed by atoms with Gasteiger partial charge in [0.05, 0.1) is 11.8 Å². The Morgan fingerprint density at radius 2 is 2.00 bits per heavy atom. The van der Waals surface area contributed by atoms with Gasteiger partial charge in [-0.05, 0) is 24.2 Å². The maximum absolute atomic E-state index is 12.6. The van der Waals surface area contributed by atoms with E-state index in [1.54, 1.807) is 0 Å². The van der Waals surface area contributed by atoms with Gasteiger partial charge in [0, 0.05) is 25.6 Å². The average Bonchev–Trinajstić information content (AvgIpc) is 3.00. The van der Waals surface area contributed by atoms with E-state index in [1.165, 1.54) is 0 Å². The maximum atomic E-state index is 12.6. The third-order valence-electron chi connectivity index (χ3n) is 5.49. The number of nitrogens with zero attached hydrogens (tertiary/aromatic N) is 1. The largest absolute Gasteiger partial charge is 0.481 e. The zero-order chi connectivity index (χ0) is 15.4. The van der Waals surface area contributed by atoms with E-state index >= 15 is 0 Å². The lowest BCUT2D eigenvalue weighted by Gasteiger charge is -2.41. The summed E-state index contributed by atoms with van der Waals surface area (Å²) in [4.78, 5) is 37.0. The molecule has 2 amide bonds. The van der Waals surface area contributed by atoms with Crippen LogP contribution >= 0.6 is 0 Å². The van der Waals surface area contributed by atoms with Gasteiger partial charge < -0.3 is 15.3 Å². The van der Waals surface area contributed by atoms with Gasteiger partial charge in [-0.1, -0.05) is 13.8 Å². The summed E-state index contributed by atoms with van der Waals surface area (Å²) in [6.45, 7) is 4.95. The summed E-state index contributed by atoms with van der Waals surface area (Å²) in [5.41, 5.74) is -0.444. The minimum atomic E-state index is -0.877. The van der Waals surface area contributed by atoms with E-state index < -0.39 is 23.2 Å². The predicted octanol–water partition coefficient (Wildman–Crippen LogP) is 0.470. The number of likely N-dealkylation sites (tertiary alicyclic amines) is 1. The van der Waals surface area contributed by atoms with Crippen molar-refractivity contribution in [3.05, 3.63) is 0 Å². The summed E-state index contributed by atoms with van der Waals surface area (Å²) >= 11 is 0. The number of rotatable bonds is 2. The molecule has 21 heavy (non-hydrogen) atoms. The van der Waals surface area contributed by atoms with Gasteiger partial charge in [0.1, 0.15) is 0 Å². The van der Waals surface area contributed by atoms with Crippen molar-refractivity contribution in [1.82, 2.24) is 10.2 Å². The van der Waals surface area contributed by atoms with Gasteiger partial charge in [0.25, 0.3) is 0 Å². The molecule has 1 aliphatic carbocycles. The van der Waals surface area contributed by atoms with E-state index in [4.69, 9.17) is 0 Å². The van der Waals surface area contributed by atoms with Crippen molar-refractivity contribution < 1.29 is 19.5 Å². The molecule has 0 aromatic heterocycles. The van der Waals surface area contributed by atoms with Crippen LogP contribution < -0.4 is 5.32 Å². The lowest BCUT2D eigenvalue weighted by molar-refractivity contribution is -0.143. The Balaban J connectivity index is 1.65. The van der Waals surface area contributed by atoms with Gasteiger partial charge in [0.2, 0.25) is 11.8 Å². The van der Waals surface area contributed by atoms with Crippen molar-refractivity contribution in [3.63, 3.8) is 0 Å². The van der Waals surface area contributed by atoms with Crippen LogP contribution in [0, 0.1) is 23.2 Å². The third-order valence-corrected chi connectivity index (χ3v) is 5.49. The highest BCUT2D eigenvalue weighted by atomic mass is 16.4. The number of carbonyl (C=O) groups excluding carboxylic acids is 2. The van der Waals surface area contributed by atoms with Crippen LogP contribution in [0.5, 0.6) is 0 Å². The molecule has 4 atom stereocenters. The number of hydrogen-bond donors (Lipinski definition) is 2. The second kappa shape index (κ2) is 4.71. The van der Waals surface area contributed by atoms with Crippen molar-refractivity contribution in [1.29, 1.82) is 0 Å². The molecule has 0 spiro atoms. The van der Waals surface area contributed by atoms with Crippen molar-refractivity contribution in [2.75, 3.05) is 13.1 Å². The molecule has 3 rings (SSSR count). The van der Waals surface area contributed by atoms with E-state index in [0.29, 0.717) is 25.4 Å². The fourth-order valence-electron chi connectivity index (χ4n) is 4.07. The predicted molar refractivity (Wildman–Crippen MR) is 74.2 cm³/mol. The lowest BCUT2D eigenvalue weighted by atomic mass is 9.85. The maximum Gasteiger partial charge on any atom is 0.307 e. The topological polar surface area (TPSA) is 86.7 Å². The normalized spacial score (nSPS) is 37.4. The number of nitrogens with one attached hydrogen (secondary N) is 1. The van der Waals surface area contributed by atoms with Crippen LogP contribution in [0.4, 0.5) is 0 Å². The Morgan fingerprint density at radius 3 is 2.62 bits per heavy atom. The molecule has 2 heterocycles. The second-order valence-electron chi connectivity index (χ2n) is 7.16. The van der Waals surface area contributed by atoms with Crippen LogP contribution in [-0.2, 0) is 14.4 Å². The standard InChI is InChI=1S/C15H22N2O4/c1-15(2)11(12(15)14(20)21)13(19)17-6-5-9-8(7-17)3-4-10(18)16-9/h8-9,11-12H,3-7H2,1-2H3,(H,16,18)(H,20,21). The number of carboxylic acid groups (broad SMARTS) is 1. The van der Waals surface area contributed by atoms with Gasteiger partial charge in [-0.2, -0.15) is 0 Å². The Labute approximate surface area is 123 Å². The average molecular weight is 294 g/mol. The van der Waals surface area contributed by atoms with Crippen molar-refractivity contribution in [2.24, 2.45) is 23.2 Å². The summed E-state index contributed by atoms with van der Waals surface area (Å²) in [5, 5.41) is 12.2. The molecule has 116 valence electrons. The Hall–Kier alpha value is -1.59. The molecule has 2 N–H and O–H groups in total. The molecular formula is C15H22N2O4. The second-order valence-corrected chi connectivity index (χ2v) is 7.16. The van der Waals surface area contributed by atoms with Gasteiger partial charge in [-0.15, -0.1) is 0 Å². The third kappa shape index (κ3) is 2.30. The number of fused-ring (bicyclic) bond motifs is 1. The molecule has 4 unspecified atom stereocenters. The van der Waals surface area contributed by atoms with Crippen LogP contribution in [0.25, 0.3) is 0 Å². The highest BCUT2D eigenvalue weighted by Gasteiger charge is 2.66. The van der Waals surface area contributed by atoms with E-state index in [0.717, 1.165) is 12.8 Å². The van der Waals surface area contributed by atoms with Crippen molar-refractivity contribution >= 4 is 17.8 Å². The first-order valence-electron chi connectivity index (χ1n) is 7.63. The summed E-state index contributed by atoms with van der Waals surface area (Å²) in [6.07, 6.45) is 2.11. The first kappa shape index (κ1) is 14.4. The molecule has 6 heteroatoms. The Morgan fingerprint density at radius 1 is 1.29 bits per heavy atom. The highest BCUT2D eigenvalue weighted by molar-refractivity contribution is 5.91. The van der Waals surface area contributed by atoms with E-state index in [1.807, 2.05) is 18.7 Å². The zero-order valence-corrected chi connectivity index (χ0v) is 12.5. The Bertz CT molecular complexity index is 502. The molecule has 3 aliphatic rings. The molecule has 0 radical (unpaired) electrons. The fraction of sp³-hybridized carbons (Fsp3) is 0.800. The molecule has 1 saturated carbocycles. The Kier molecular flexibility index (Phi) is 3.22. The fourth-order valence-corrected chi connectivity index (χ4v) is 4.07. The SMILES string of the molecule is CC1(C)C(C(=O)O)C1C(=O)N1CCC2NC(=O)CCC2C1. The van der Waals surface area contributed by atoms with Crippen LogP contribution in [-0.4, -0.2) is 46.9 Å². The van der Waals surface area contributed by atoms with Crippen LogP contribution in [0.1, 0.15) is 33.1 Å². The minimum absolute atomic E-state index is 0.0252. The number of carbonyl (C=O) groups is 3. The van der Waals surface area contributed by atoms with Gasteiger partial charge >= 0.3 is 5.97 Å². The van der Waals surface area contributed by atoms with E-state index in [2.05, 4.69) is 5.32 Å². The van der Waals surface area contributed by atoms with Crippen molar-refractivity contribution in [3.8, 4) is 0 Å². The first-order valence-corrected chi connectivity index (χ1v) is 7.63. The van der Waals surface area contributed by atoms with Crippen LogP contribution in [0.2, 0.25) is 0 Å². The zero-order valence-electron chi connectivity index (χ0n) is 12.5. The molecule has 2 saturated heterocycles. The number of carboxylic acids is 1. The monoisotopic (exact) mass is 294 g/mol. The molecule has 3 fully saturated rings. The van der Waals surface area contributed by atoms with E-state index in [-0.39, 0.29) is 17.9 Å². The summed E-state index contributed by atoms with van der Waals surface area (Å²) < 4.78 is 0. The molecule has 0 aromatic rings. The lowest BCUT2D eigenvalue weighted by Crippen LogP contribution is -2.55. The molecular weight excluding hydrogens is 272 g/mol. The molecule has 0 aromatic carbocycles. The number of amides is 2. The van der Waals surface area contributed by atoms with Gasteiger partial charge in [-0.3, -0.25) is 14.4 Å². The number of aliphatic carboxylic acids is 1. The molecule has 6 nitrogen and oxygen atoms in total. The van der Waals surface area contributed by atoms with Crippen molar-refractivity contribution in [2.45, 2.75) is 39.2 Å². The first-order chi connectivity index (χ1) is 9.82. The van der Waals surface area contributed by atoms with Crippen LogP contribution in [0.15, 0.2) is 0 Å². The summed E-state index contributed by atoms with van der Waals surface area (Å²) in [6, 6.07) is 0.179. The highest BCUT2D eigenvalue weighted by Crippen LogP contribution is 2.59. The number of hydrogen-bond acceptors (Lipinski definition) is 3. The smallest absolute Gasteiger partial charge is 0.307 e. The summed E-state index contributed by atoms with van der Waals surface area (Å²) in [7, 11) is 0. The molecule has 0 bridgehead atoms.